The largest absolute Gasteiger partial charge is 0.462 e. The van der Waals surface area contributed by atoms with Crippen LogP contribution in [0.15, 0.2) is 58.3 Å². The van der Waals surface area contributed by atoms with Gasteiger partial charge in [-0.2, -0.15) is 5.09 Å². The van der Waals surface area contributed by atoms with Crippen molar-refractivity contribution in [1.82, 2.24) is 19.2 Å². The molecule has 1 saturated heterocycles. The predicted molar refractivity (Wildman–Crippen MR) is 159 cm³/mol. The molecular weight excluding hydrogens is 617 g/mol. The molecule has 2 aromatic heterocycles. The number of carbonyl (C=O) groups is 1. The molecule has 242 valence electrons. The number of halogens is 2. The minimum absolute atomic E-state index is 0.0515. The van der Waals surface area contributed by atoms with Crippen LogP contribution in [0.25, 0.3) is 21.8 Å². The van der Waals surface area contributed by atoms with Crippen LogP contribution in [0.2, 0.25) is 0 Å². The van der Waals surface area contributed by atoms with Gasteiger partial charge in [-0.1, -0.05) is 18.2 Å². The number of nitrogens with one attached hydrogen (secondary N) is 2. The molecule has 0 bridgehead atoms. The lowest BCUT2D eigenvalue weighted by Gasteiger charge is -2.26. The van der Waals surface area contributed by atoms with E-state index in [2.05, 4.69) is 5.09 Å². The van der Waals surface area contributed by atoms with Gasteiger partial charge < -0.3 is 23.7 Å². The molecule has 5 rings (SSSR count). The van der Waals surface area contributed by atoms with Gasteiger partial charge in [-0.05, 0) is 45.9 Å². The predicted octanol–water partition coefficient (Wildman–Crippen LogP) is 3.44. The molecule has 45 heavy (non-hydrogen) atoms. The van der Waals surface area contributed by atoms with Gasteiger partial charge in [0.25, 0.3) is 5.56 Å². The summed E-state index contributed by atoms with van der Waals surface area (Å²) in [6.45, 7) is 4.87. The van der Waals surface area contributed by atoms with Crippen molar-refractivity contribution < 1.29 is 41.8 Å². The zero-order valence-corrected chi connectivity index (χ0v) is 25.9. The van der Waals surface area contributed by atoms with Crippen LogP contribution in [0, 0.1) is 5.82 Å². The molecule has 2 aromatic carbocycles. The van der Waals surface area contributed by atoms with E-state index in [0.717, 1.165) is 29.8 Å². The van der Waals surface area contributed by atoms with Crippen LogP contribution >= 0.6 is 7.75 Å². The third-order valence-corrected chi connectivity index (χ3v) is 9.10. The van der Waals surface area contributed by atoms with Gasteiger partial charge in [0, 0.05) is 30.2 Å². The molecule has 0 radical (unpaired) electrons. The number of carbonyl (C=O) groups excluding carboxylic acids is 1. The molecule has 16 heteroatoms. The number of esters is 1. The van der Waals surface area contributed by atoms with Crippen LogP contribution in [-0.2, 0) is 30.4 Å². The van der Waals surface area contributed by atoms with Crippen LogP contribution in [0.4, 0.5) is 8.78 Å². The molecule has 6 atom stereocenters. The maximum Gasteiger partial charge on any atom is 0.459 e. The van der Waals surface area contributed by atoms with Gasteiger partial charge in [0.05, 0.1) is 23.6 Å². The quantitative estimate of drug-likeness (QED) is 0.171. The summed E-state index contributed by atoms with van der Waals surface area (Å²) in [5.41, 5.74) is -3.44. The van der Waals surface area contributed by atoms with Gasteiger partial charge in [-0.25, -0.2) is 18.1 Å². The van der Waals surface area contributed by atoms with Crippen molar-refractivity contribution in [2.45, 2.75) is 63.9 Å². The summed E-state index contributed by atoms with van der Waals surface area (Å²) in [6.07, 6.45) is -4.56. The highest BCUT2D eigenvalue weighted by Crippen LogP contribution is 2.50. The number of aromatic amines is 1. The van der Waals surface area contributed by atoms with Crippen LogP contribution in [0.5, 0.6) is 5.75 Å². The van der Waals surface area contributed by atoms with E-state index in [1.54, 1.807) is 49.7 Å². The number of H-pyrrole nitrogens is 1. The first kappa shape index (κ1) is 32.5. The highest BCUT2D eigenvalue weighted by Gasteiger charge is 2.56. The number of hydrogen-bond donors (Lipinski definition) is 3. The summed E-state index contributed by atoms with van der Waals surface area (Å²) in [5, 5.41) is 14.2. The zero-order chi connectivity index (χ0) is 32.8. The molecule has 0 amide bonds. The Kier molecular flexibility index (Phi) is 8.77. The Labute approximate surface area is 255 Å². The summed E-state index contributed by atoms with van der Waals surface area (Å²) in [6, 6.07) is 9.15. The number of rotatable bonds is 10. The molecule has 3 N–H and O–H groups in total. The second-order valence-corrected chi connectivity index (χ2v) is 12.9. The number of benzene rings is 2. The Morgan fingerprint density at radius 1 is 1.20 bits per heavy atom. The summed E-state index contributed by atoms with van der Waals surface area (Å²) in [7, 11) is -2.96. The lowest BCUT2D eigenvalue weighted by atomic mass is 9.98. The highest BCUT2D eigenvalue weighted by atomic mass is 31.2. The average Bonchev–Trinajstić information content (AvgIpc) is 3.39. The van der Waals surface area contributed by atoms with Crippen LogP contribution < -0.4 is 20.9 Å². The molecule has 0 saturated carbocycles. The number of fused-ring (bicyclic) bond motifs is 3. The zero-order valence-electron chi connectivity index (χ0n) is 25.0. The Morgan fingerprint density at radius 2 is 1.91 bits per heavy atom. The van der Waals surface area contributed by atoms with Gasteiger partial charge in [-0.15, -0.1) is 0 Å². The summed E-state index contributed by atoms with van der Waals surface area (Å²) in [5.74, 6) is -1.40. The first-order valence-corrected chi connectivity index (χ1v) is 15.6. The van der Waals surface area contributed by atoms with E-state index in [1.165, 1.54) is 13.0 Å². The normalized spacial score (nSPS) is 23.8. The number of aliphatic hydroxyl groups excluding tert-OH is 1. The standard InChI is InChI=1S/C29H33F2N4O9P/c1-15(2)42-26(38)16(3)33-45(40,44-20-11-10-18(30)24-23(20)17-8-6-7-9-19(17)34(24)5)41-14-21-25(37)29(4,31)27(43-21)35-13-12-22(36)32-28(35)39/h6-13,15-16,21,25,27,37H,14H2,1-5H3,(H,33,40)(H,32,36,39). The number of aliphatic hydroxyl groups is 1. The second-order valence-electron chi connectivity index (χ2n) is 11.2. The molecule has 3 heterocycles. The number of alkyl halides is 1. The van der Waals surface area contributed by atoms with Crippen molar-refractivity contribution in [3.05, 3.63) is 75.3 Å². The first-order chi connectivity index (χ1) is 21.1. The molecule has 1 fully saturated rings. The fourth-order valence-electron chi connectivity index (χ4n) is 5.29. The van der Waals surface area contributed by atoms with Crippen molar-refractivity contribution >= 4 is 35.5 Å². The van der Waals surface area contributed by atoms with E-state index in [9.17, 15) is 24.1 Å². The Bertz CT molecular complexity index is 1920. The molecule has 13 nitrogen and oxygen atoms in total. The van der Waals surface area contributed by atoms with Crippen LogP contribution in [0.1, 0.15) is 33.9 Å². The van der Waals surface area contributed by atoms with Gasteiger partial charge in [0.15, 0.2) is 11.9 Å². The maximum atomic E-state index is 15.8. The minimum atomic E-state index is -4.62. The monoisotopic (exact) mass is 650 g/mol. The van der Waals surface area contributed by atoms with Crippen LogP contribution in [0.3, 0.4) is 0 Å². The Balaban J connectivity index is 1.49. The number of para-hydroxylation sites is 1. The first-order valence-electron chi connectivity index (χ1n) is 14.0. The molecular formula is C29H33F2N4O9P. The number of ether oxygens (including phenoxy) is 2. The average molecular weight is 651 g/mol. The summed E-state index contributed by atoms with van der Waals surface area (Å²) >= 11 is 0. The molecule has 0 spiro atoms. The second kappa shape index (κ2) is 12.1. The number of aromatic nitrogens is 3. The lowest BCUT2D eigenvalue weighted by molar-refractivity contribution is -0.149. The van der Waals surface area contributed by atoms with Gasteiger partial charge in [-0.3, -0.25) is 23.7 Å². The summed E-state index contributed by atoms with van der Waals surface area (Å²) < 4.78 is 69.9. The van der Waals surface area contributed by atoms with E-state index in [0.29, 0.717) is 10.9 Å². The molecule has 6 unspecified atom stereocenters. The topological polar surface area (TPSA) is 163 Å². The van der Waals surface area contributed by atoms with Gasteiger partial charge in [0.1, 0.15) is 29.8 Å². The van der Waals surface area contributed by atoms with E-state index in [4.69, 9.17) is 18.5 Å². The van der Waals surface area contributed by atoms with Crippen molar-refractivity contribution in [3.63, 3.8) is 0 Å². The van der Waals surface area contributed by atoms with E-state index in [1.807, 2.05) is 4.98 Å². The van der Waals surface area contributed by atoms with Crippen molar-refractivity contribution in [3.8, 4) is 5.75 Å². The minimum Gasteiger partial charge on any atom is -0.462 e. The van der Waals surface area contributed by atoms with Gasteiger partial charge in [0.2, 0.25) is 0 Å². The maximum absolute atomic E-state index is 15.8. The third-order valence-electron chi connectivity index (χ3n) is 7.47. The molecule has 0 aliphatic carbocycles. The van der Waals surface area contributed by atoms with E-state index in [-0.39, 0.29) is 16.7 Å². The summed E-state index contributed by atoms with van der Waals surface area (Å²) in [4.78, 5) is 38.5. The fraction of sp³-hybridized carbons (Fsp3) is 0.414. The fourth-order valence-corrected chi connectivity index (χ4v) is 6.80. The van der Waals surface area contributed by atoms with Crippen molar-refractivity contribution in [1.29, 1.82) is 0 Å². The SMILES string of the molecule is CC(C)OC(=O)C(C)NP(=O)(OCC1OC(n2ccc(=O)[nH]c2=O)C(C)(F)C1O)Oc1ccc(F)c2c1c1ccccc1n2C. The number of aryl methyl sites for hydroxylation is 1. The number of nitrogens with zero attached hydrogens (tertiary/aromatic N) is 2. The number of hydrogen-bond acceptors (Lipinski definition) is 9. The van der Waals surface area contributed by atoms with Gasteiger partial charge >= 0.3 is 19.4 Å². The third kappa shape index (κ3) is 6.18. The molecule has 1 aliphatic rings. The van der Waals surface area contributed by atoms with E-state index < -0.39 is 73.6 Å². The smallest absolute Gasteiger partial charge is 0.459 e. The van der Waals surface area contributed by atoms with Crippen molar-refractivity contribution in [2.24, 2.45) is 7.05 Å². The Morgan fingerprint density at radius 3 is 2.60 bits per heavy atom. The molecule has 1 aliphatic heterocycles. The lowest BCUT2D eigenvalue weighted by Crippen LogP contribution is -2.43. The Hall–Kier alpha value is -3.88. The molecule has 4 aromatic rings. The van der Waals surface area contributed by atoms with E-state index >= 15 is 8.78 Å². The highest BCUT2D eigenvalue weighted by molar-refractivity contribution is 7.52. The van der Waals surface area contributed by atoms with Crippen molar-refractivity contribution in [2.75, 3.05) is 6.61 Å². The van der Waals surface area contributed by atoms with Crippen LogP contribution in [-0.4, -0.2) is 61.8 Å².